The summed E-state index contributed by atoms with van der Waals surface area (Å²) in [4.78, 5) is 10.4. The Kier molecular flexibility index (Phi) is 5.94. The zero-order chi connectivity index (χ0) is 18.3. The number of nitrogens with zero attached hydrogens (tertiary/aromatic N) is 1. The highest BCUT2D eigenvalue weighted by Crippen LogP contribution is 2.17. The molecule has 0 saturated carbocycles. The van der Waals surface area contributed by atoms with E-state index in [4.69, 9.17) is 0 Å². The topological polar surface area (TPSA) is 77.3 Å². The van der Waals surface area contributed by atoms with Gasteiger partial charge in [-0.2, -0.15) is 0 Å². The van der Waals surface area contributed by atoms with Gasteiger partial charge in [-0.1, -0.05) is 59.9 Å². The average Bonchev–Trinajstić information content (AvgIpc) is 2.57. The van der Waals surface area contributed by atoms with E-state index in [-0.39, 0.29) is 12.1 Å². The molecule has 0 amide bonds. The maximum absolute atomic E-state index is 11.8. The summed E-state index contributed by atoms with van der Waals surface area (Å²) < 4.78 is 23.6. The molecule has 0 spiro atoms. The number of hydrogen-bond acceptors (Lipinski definition) is 4. The minimum Gasteiger partial charge on any atom is -0.258 e. The van der Waals surface area contributed by atoms with Crippen molar-refractivity contribution in [3.05, 3.63) is 75.3 Å². The predicted octanol–water partition coefficient (Wildman–Crippen LogP) is 3.03. The fraction of sp³-hybridized carbons (Fsp3) is 0.158. The van der Waals surface area contributed by atoms with Crippen LogP contribution in [0.25, 0.3) is 0 Å². The molecule has 6 heteroatoms. The first-order valence-electron chi connectivity index (χ1n) is 7.39. The van der Waals surface area contributed by atoms with Gasteiger partial charge in [0.2, 0.25) is 0 Å². The fourth-order valence-electron chi connectivity index (χ4n) is 2.03. The molecule has 0 unspecified atom stereocenters. The number of nitro benzene ring substituents is 1. The van der Waals surface area contributed by atoms with Gasteiger partial charge >= 0.3 is 0 Å². The van der Waals surface area contributed by atoms with E-state index in [1.54, 1.807) is 18.2 Å². The minimum absolute atomic E-state index is 0.0317. The van der Waals surface area contributed by atoms with E-state index >= 15 is 0 Å². The molecular weight excluding hydrogens is 338 g/mol. The highest BCUT2D eigenvalue weighted by Gasteiger charge is 2.10. The number of para-hydroxylation sites is 1. The summed E-state index contributed by atoms with van der Waals surface area (Å²) in [5.41, 5.74) is 2.31. The number of rotatable bonds is 3. The summed E-state index contributed by atoms with van der Waals surface area (Å²) in [7, 11) is -3.86. The lowest BCUT2D eigenvalue weighted by atomic mass is 10.1. The Labute approximate surface area is 146 Å². The van der Waals surface area contributed by atoms with Gasteiger partial charge in [-0.05, 0) is 12.5 Å². The first kappa shape index (κ1) is 18.3. The van der Waals surface area contributed by atoms with Crippen LogP contribution >= 0.6 is 0 Å². The van der Waals surface area contributed by atoms with Crippen LogP contribution in [0.15, 0.2) is 48.5 Å². The molecule has 0 heterocycles. The summed E-state index contributed by atoms with van der Waals surface area (Å²) in [6.07, 6.45) is 0.279. The first-order valence-corrected chi connectivity index (χ1v) is 8.88. The third-order valence-electron chi connectivity index (χ3n) is 3.29. The molecular formula is C19H15NO4S. The van der Waals surface area contributed by atoms with Crippen LogP contribution in [0, 0.1) is 39.4 Å². The lowest BCUT2D eigenvalue weighted by Crippen LogP contribution is -1.95. The molecule has 0 bridgehead atoms. The molecule has 25 heavy (non-hydrogen) atoms. The Morgan fingerprint density at radius 2 is 1.56 bits per heavy atom. The highest BCUT2D eigenvalue weighted by molar-refractivity contribution is 8.00. The zero-order valence-electron chi connectivity index (χ0n) is 13.5. The molecule has 0 atom stereocenters. The van der Waals surface area contributed by atoms with E-state index in [1.165, 1.54) is 6.07 Å². The quantitative estimate of drug-likeness (QED) is 0.368. The maximum Gasteiger partial charge on any atom is 0.284 e. The van der Waals surface area contributed by atoms with Gasteiger partial charge in [0.05, 0.1) is 4.92 Å². The molecule has 5 nitrogen and oxygen atoms in total. The van der Waals surface area contributed by atoms with Crippen LogP contribution in [0.3, 0.4) is 0 Å². The standard InChI is InChI=1S/C19H15NO4S/c1-16-10-12-17(13-11-16)6-4-14-25(23,24)15-5-8-18-7-2-3-9-19(18)20(21)22/h2-3,7,9-13H,6,8H2,1H3. The van der Waals surface area contributed by atoms with Crippen LogP contribution < -0.4 is 0 Å². The van der Waals surface area contributed by atoms with Gasteiger partial charge in [-0.15, -0.1) is 0 Å². The molecule has 126 valence electrons. The van der Waals surface area contributed by atoms with Crippen LogP contribution in [0.5, 0.6) is 0 Å². The monoisotopic (exact) mass is 353 g/mol. The predicted molar refractivity (Wildman–Crippen MR) is 96.2 cm³/mol. The number of benzene rings is 2. The van der Waals surface area contributed by atoms with Crippen molar-refractivity contribution in [2.45, 2.75) is 19.8 Å². The second-order valence-electron chi connectivity index (χ2n) is 5.29. The Morgan fingerprint density at radius 3 is 2.20 bits per heavy atom. The molecule has 0 aliphatic rings. The first-order chi connectivity index (χ1) is 11.9. The van der Waals surface area contributed by atoms with Crippen LogP contribution in [-0.2, 0) is 22.7 Å². The van der Waals surface area contributed by atoms with Gasteiger partial charge in [0.25, 0.3) is 15.5 Å². The van der Waals surface area contributed by atoms with Gasteiger partial charge in [0, 0.05) is 35.0 Å². The summed E-state index contributed by atoms with van der Waals surface area (Å²) >= 11 is 0. The Hall–Kier alpha value is -3.09. The van der Waals surface area contributed by atoms with Crippen molar-refractivity contribution < 1.29 is 13.3 Å². The third-order valence-corrected chi connectivity index (χ3v) is 4.12. The summed E-state index contributed by atoms with van der Waals surface area (Å²) in [6, 6.07) is 13.7. The number of hydrogen-bond donors (Lipinski definition) is 0. The zero-order valence-corrected chi connectivity index (χ0v) is 14.3. The van der Waals surface area contributed by atoms with Crippen LogP contribution in [0.1, 0.15) is 16.7 Å². The highest BCUT2D eigenvalue weighted by atomic mass is 32.2. The number of aryl methyl sites for hydroxylation is 1. The van der Waals surface area contributed by atoms with E-state index in [1.807, 2.05) is 31.2 Å². The lowest BCUT2D eigenvalue weighted by Gasteiger charge is -1.96. The largest absolute Gasteiger partial charge is 0.284 e. The molecule has 0 aliphatic carbocycles. The van der Waals surface area contributed by atoms with Crippen molar-refractivity contribution in [3.63, 3.8) is 0 Å². The third kappa shape index (κ3) is 5.80. The van der Waals surface area contributed by atoms with E-state index in [9.17, 15) is 18.5 Å². The van der Waals surface area contributed by atoms with Crippen molar-refractivity contribution in [2.24, 2.45) is 0 Å². The second-order valence-corrected chi connectivity index (χ2v) is 6.70. The lowest BCUT2D eigenvalue weighted by molar-refractivity contribution is -0.385. The summed E-state index contributed by atoms with van der Waals surface area (Å²) in [5.74, 6) is 5.04. The van der Waals surface area contributed by atoms with Crippen molar-refractivity contribution in [1.82, 2.24) is 0 Å². The van der Waals surface area contributed by atoms with Crippen molar-refractivity contribution in [3.8, 4) is 22.3 Å². The van der Waals surface area contributed by atoms with Crippen LogP contribution in [-0.4, -0.2) is 13.3 Å². The molecule has 2 aromatic carbocycles. The average molecular weight is 353 g/mol. The SMILES string of the molecule is Cc1ccc(CC#CS(=O)(=O)C#CCc2ccccc2[N+](=O)[O-])cc1. The smallest absolute Gasteiger partial charge is 0.258 e. The normalized spacial score (nSPS) is 10.1. The molecule has 2 rings (SSSR count). The molecule has 0 N–H and O–H groups in total. The molecule has 0 saturated heterocycles. The number of sulfone groups is 1. The van der Waals surface area contributed by atoms with E-state index in [2.05, 4.69) is 22.3 Å². The maximum atomic E-state index is 11.8. The second kappa shape index (κ2) is 8.14. The van der Waals surface area contributed by atoms with Gasteiger partial charge in [-0.25, -0.2) is 8.42 Å². The Bertz CT molecular complexity index is 1000. The minimum atomic E-state index is -3.86. The number of nitro groups is 1. The summed E-state index contributed by atoms with van der Waals surface area (Å²) in [5, 5.41) is 15.2. The van der Waals surface area contributed by atoms with Crippen LogP contribution in [0.4, 0.5) is 5.69 Å². The fourth-order valence-corrected chi connectivity index (χ4v) is 2.60. The van der Waals surface area contributed by atoms with Crippen molar-refractivity contribution >= 4 is 15.5 Å². The molecule has 0 fully saturated rings. The molecule has 0 aliphatic heterocycles. The van der Waals surface area contributed by atoms with Gasteiger partial charge in [-0.3, -0.25) is 10.1 Å². The summed E-state index contributed by atoms with van der Waals surface area (Å²) in [6.45, 7) is 1.96. The van der Waals surface area contributed by atoms with E-state index < -0.39 is 14.8 Å². The molecule has 0 radical (unpaired) electrons. The Morgan fingerprint density at radius 1 is 0.960 bits per heavy atom. The van der Waals surface area contributed by atoms with E-state index in [0.29, 0.717) is 12.0 Å². The van der Waals surface area contributed by atoms with Gasteiger partial charge < -0.3 is 0 Å². The molecule has 2 aromatic rings. The van der Waals surface area contributed by atoms with Crippen LogP contribution in [0.2, 0.25) is 0 Å². The van der Waals surface area contributed by atoms with Gasteiger partial charge in [0.1, 0.15) is 0 Å². The van der Waals surface area contributed by atoms with E-state index in [0.717, 1.165) is 11.1 Å². The van der Waals surface area contributed by atoms with Gasteiger partial charge in [0.15, 0.2) is 0 Å². The van der Waals surface area contributed by atoms with Crippen molar-refractivity contribution in [2.75, 3.05) is 0 Å². The molecule has 0 aromatic heterocycles. The Balaban J connectivity index is 2.06. The van der Waals surface area contributed by atoms with Crippen molar-refractivity contribution in [1.29, 1.82) is 0 Å².